The predicted molar refractivity (Wildman–Crippen MR) is 70.9 cm³/mol. The second kappa shape index (κ2) is 4.22. The van der Waals surface area contributed by atoms with Crippen LogP contribution in [0.5, 0.6) is 5.75 Å². The highest BCUT2D eigenvalue weighted by Gasteiger charge is 2.59. The summed E-state index contributed by atoms with van der Waals surface area (Å²) in [5.41, 5.74) is 1.38. The Labute approximate surface area is 113 Å². The summed E-state index contributed by atoms with van der Waals surface area (Å²) in [4.78, 5) is 0. The van der Waals surface area contributed by atoms with E-state index in [4.69, 9.17) is 9.47 Å². The molecule has 4 aliphatic rings. The zero-order valence-electron chi connectivity index (χ0n) is 11.0. The van der Waals surface area contributed by atoms with Crippen molar-refractivity contribution in [2.75, 3.05) is 0 Å². The van der Waals surface area contributed by atoms with Gasteiger partial charge in [-0.2, -0.15) is 0 Å². The molecular weight excluding hydrogens is 240 g/mol. The number of benzene rings is 1. The van der Waals surface area contributed by atoms with Gasteiger partial charge in [-0.3, -0.25) is 0 Å². The number of ether oxygens (including phenoxy) is 2. The first-order valence-corrected chi connectivity index (χ1v) is 7.36. The molecule has 3 saturated heterocycles. The summed E-state index contributed by atoms with van der Waals surface area (Å²) in [6.07, 6.45) is 7.41. The molecule has 1 saturated carbocycles. The van der Waals surface area contributed by atoms with Gasteiger partial charge in [0.25, 0.3) is 0 Å². The molecule has 0 amide bonds. The maximum atomic E-state index is 9.35. The molecule has 1 aliphatic carbocycles. The molecule has 2 bridgehead atoms. The minimum atomic E-state index is 0.0384. The third kappa shape index (κ3) is 1.87. The zero-order chi connectivity index (χ0) is 12.9. The van der Waals surface area contributed by atoms with Crippen molar-refractivity contribution in [3.63, 3.8) is 0 Å². The lowest BCUT2D eigenvalue weighted by molar-refractivity contribution is -0.403. The Morgan fingerprint density at radius 1 is 1.21 bits per heavy atom. The van der Waals surface area contributed by atoms with Gasteiger partial charge in [-0.25, -0.2) is 0 Å². The highest BCUT2D eigenvalue weighted by atomic mass is 16.7. The van der Waals surface area contributed by atoms with E-state index in [-0.39, 0.29) is 18.0 Å². The van der Waals surface area contributed by atoms with E-state index in [1.807, 2.05) is 12.1 Å². The molecule has 4 atom stereocenters. The highest BCUT2D eigenvalue weighted by molar-refractivity contribution is 5.26. The molecule has 0 radical (unpaired) electrons. The SMILES string of the molecule is Oc1ccc(CC2OC3CC4(CCCCC24)O3)cc1. The van der Waals surface area contributed by atoms with Gasteiger partial charge in [-0.1, -0.05) is 25.0 Å². The fourth-order valence-corrected chi connectivity index (χ4v) is 4.12. The first kappa shape index (κ1) is 11.7. The van der Waals surface area contributed by atoms with Crippen LogP contribution in [0, 0.1) is 5.92 Å². The molecule has 0 aromatic heterocycles. The van der Waals surface area contributed by atoms with Gasteiger partial charge in [0.1, 0.15) is 5.75 Å². The second-order valence-electron chi connectivity index (χ2n) is 6.21. The average molecular weight is 260 g/mol. The van der Waals surface area contributed by atoms with Gasteiger partial charge in [-0.15, -0.1) is 0 Å². The van der Waals surface area contributed by atoms with Crippen LogP contribution in [0.3, 0.4) is 0 Å². The second-order valence-corrected chi connectivity index (χ2v) is 6.21. The lowest BCUT2D eigenvalue weighted by Gasteiger charge is -2.61. The van der Waals surface area contributed by atoms with E-state index in [0.717, 1.165) is 12.8 Å². The van der Waals surface area contributed by atoms with Crippen LogP contribution in [-0.2, 0) is 15.9 Å². The number of phenols is 1. The Morgan fingerprint density at radius 3 is 2.79 bits per heavy atom. The van der Waals surface area contributed by atoms with Crippen LogP contribution in [0.4, 0.5) is 0 Å². The average Bonchev–Trinajstić information content (AvgIpc) is 2.40. The molecule has 3 aliphatic heterocycles. The number of rotatable bonds is 2. The molecule has 1 aromatic carbocycles. The van der Waals surface area contributed by atoms with Crippen molar-refractivity contribution < 1.29 is 14.6 Å². The largest absolute Gasteiger partial charge is 0.508 e. The number of phenolic OH excluding ortho intramolecular Hbond substituents is 1. The fraction of sp³-hybridized carbons (Fsp3) is 0.625. The molecule has 5 rings (SSSR count). The van der Waals surface area contributed by atoms with Crippen molar-refractivity contribution in [1.29, 1.82) is 0 Å². The normalized spacial score (nSPS) is 40.3. The van der Waals surface area contributed by atoms with Crippen molar-refractivity contribution in [1.82, 2.24) is 0 Å². The minimum absolute atomic E-state index is 0.0384. The Hall–Kier alpha value is -1.06. The zero-order valence-corrected chi connectivity index (χ0v) is 11.0. The predicted octanol–water partition coefficient (Wildman–Crippen LogP) is 3.01. The summed E-state index contributed by atoms with van der Waals surface area (Å²) in [6.45, 7) is 0. The van der Waals surface area contributed by atoms with Gasteiger partial charge in [-0.05, 0) is 37.0 Å². The number of hydrogen-bond acceptors (Lipinski definition) is 3. The van der Waals surface area contributed by atoms with E-state index in [2.05, 4.69) is 0 Å². The third-order valence-corrected chi connectivity index (χ3v) is 5.07. The molecule has 1 aromatic rings. The molecular formula is C16H20O3. The summed E-state index contributed by atoms with van der Waals surface area (Å²) < 4.78 is 12.1. The molecule has 102 valence electrons. The number of hydrogen-bond donors (Lipinski definition) is 1. The Morgan fingerprint density at radius 2 is 2.00 bits per heavy atom. The van der Waals surface area contributed by atoms with Crippen LogP contribution in [0.25, 0.3) is 0 Å². The van der Waals surface area contributed by atoms with Crippen LogP contribution in [0.2, 0.25) is 0 Å². The van der Waals surface area contributed by atoms with Crippen molar-refractivity contribution >= 4 is 0 Å². The Kier molecular flexibility index (Phi) is 2.61. The molecule has 4 unspecified atom stereocenters. The number of fused-ring (bicyclic) bond motifs is 1. The maximum Gasteiger partial charge on any atom is 0.161 e. The first-order chi connectivity index (χ1) is 9.25. The van der Waals surface area contributed by atoms with Gasteiger partial charge in [0.15, 0.2) is 6.29 Å². The molecule has 4 fully saturated rings. The van der Waals surface area contributed by atoms with Crippen LogP contribution in [0.15, 0.2) is 24.3 Å². The smallest absolute Gasteiger partial charge is 0.161 e. The van der Waals surface area contributed by atoms with Crippen LogP contribution >= 0.6 is 0 Å². The summed E-state index contributed by atoms with van der Waals surface area (Å²) in [5.74, 6) is 0.883. The van der Waals surface area contributed by atoms with Crippen LogP contribution in [0.1, 0.15) is 37.7 Å². The molecule has 19 heavy (non-hydrogen) atoms. The monoisotopic (exact) mass is 260 g/mol. The van der Waals surface area contributed by atoms with Gasteiger partial charge >= 0.3 is 0 Å². The summed E-state index contributed by atoms with van der Waals surface area (Å²) >= 11 is 0. The van der Waals surface area contributed by atoms with Crippen molar-refractivity contribution in [2.45, 2.75) is 56.5 Å². The van der Waals surface area contributed by atoms with E-state index >= 15 is 0 Å². The minimum Gasteiger partial charge on any atom is -0.508 e. The maximum absolute atomic E-state index is 9.35. The highest BCUT2D eigenvalue weighted by Crippen LogP contribution is 2.54. The molecule has 3 heterocycles. The first-order valence-electron chi connectivity index (χ1n) is 7.36. The Bertz CT molecular complexity index is 456. The lowest BCUT2D eigenvalue weighted by atomic mass is 9.65. The Balaban J connectivity index is 1.53. The van der Waals surface area contributed by atoms with E-state index in [1.54, 1.807) is 12.1 Å². The van der Waals surface area contributed by atoms with E-state index in [9.17, 15) is 5.11 Å². The van der Waals surface area contributed by atoms with Crippen molar-refractivity contribution in [3.05, 3.63) is 29.8 Å². The summed E-state index contributed by atoms with van der Waals surface area (Å²) in [6, 6.07) is 7.50. The standard InChI is InChI=1S/C16H20O3/c17-12-6-4-11(5-7-12)9-14-13-3-1-2-8-16(13)10-15(18-14)19-16/h4-7,13-15,17H,1-3,8-10H2. The topological polar surface area (TPSA) is 38.7 Å². The van der Waals surface area contributed by atoms with Gasteiger partial charge in [0.2, 0.25) is 0 Å². The molecule has 3 nitrogen and oxygen atoms in total. The summed E-state index contributed by atoms with van der Waals surface area (Å²) in [7, 11) is 0. The van der Waals surface area contributed by atoms with Crippen LogP contribution in [-0.4, -0.2) is 23.1 Å². The number of aromatic hydroxyl groups is 1. The fourth-order valence-electron chi connectivity index (χ4n) is 4.12. The van der Waals surface area contributed by atoms with Crippen LogP contribution < -0.4 is 0 Å². The van der Waals surface area contributed by atoms with Gasteiger partial charge in [0, 0.05) is 12.3 Å². The van der Waals surface area contributed by atoms with E-state index in [0.29, 0.717) is 11.7 Å². The molecule has 3 heteroatoms. The van der Waals surface area contributed by atoms with E-state index < -0.39 is 0 Å². The molecule has 1 spiro atoms. The third-order valence-electron chi connectivity index (χ3n) is 5.07. The lowest BCUT2D eigenvalue weighted by Crippen LogP contribution is -2.66. The van der Waals surface area contributed by atoms with E-state index in [1.165, 1.54) is 31.2 Å². The van der Waals surface area contributed by atoms with Crippen molar-refractivity contribution in [2.24, 2.45) is 5.92 Å². The van der Waals surface area contributed by atoms with Gasteiger partial charge in [0.05, 0.1) is 11.7 Å². The quantitative estimate of drug-likeness (QED) is 0.888. The van der Waals surface area contributed by atoms with Gasteiger partial charge < -0.3 is 14.6 Å². The van der Waals surface area contributed by atoms with Crippen molar-refractivity contribution in [3.8, 4) is 5.75 Å². The molecule has 1 N–H and O–H groups in total. The summed E-state index contributed by atoms with van der Waals surface area (Å²) in [5, 5.41) is 9.35.